The van der Waals surface area contributed by atoms with Crippen LogP contribution in [-0.4, -0.2) is 25.0 Å². The molecule has 1 aliphatic heterocycles. The number of likely N-dealkylation sites (N-methyl/N-ethyl adjacent to an activating group) is 1. The van der Waals surface area contributed by atoms with Crippen LogP contribution in [0.4, 0.5) is 0 Å². The Labute approximate surface area is 93.2 Å². The Morgan fingerprint density at radius 1 is 1.57 bits per heavy atom. The third kappa shape index (κ3) is 1.60. The summed E-state index contributed by atoms with van der Waals surface area (Å²) in [5.74, 6) is 0. The van der Waals surface area contributed by atoms with Gasteiger partial charge in [-0.25, -0.2) is 0 Å². The van der Waals surface area contributed by atoms with E-state index in [-0.39, 0.29) is 0 Å². The van der Waals surface area contributed by atoms with Gasteiger partial charge in [-0.05, 0) is 30.7 Å². The van der Waals surface area contributed by atoms with E-state index in [1.807, 2.05) is 0 Å². The van der Waals surface area contributed by atoms with Gasteiger partial charge in [-0.2, -0.15) is 0 Å². The lowest BCUT2D eigenvalue weighted by atomic mass is 9.93. The predicted octanol–water partition coefficient (Wildman–Crippen LogP) is 1.94. The lowest BCUT2D eigenvalue weighted by molar-refractivity contribution is 0.235. The molecule has 2 rings (SSSR count). The minimum Gasteiger partial charge on any atom is -0.329 e. The number of nitrogens with zero attached hydrogens (tertiary/aromatic N) is 1. The number of benzene rings is 1. The first-order valence-electron chi connectivity index (χ1n) is 4.91. The van der Waals surface area contributed by atoms with Crippen LogP contribution in [0.15, 0.2) is 22.7 Å². The Morgan fingerprint density at radius 3 is 3.07 bits per heavy atom. The van der Waals surface area contributed by atoms with Crippen LogP contribution in [0, 0.1) is 0 Å². The smallest absolute Gasteiger partial charge is 0.0481 e. The quantitative estimate of drug-likeness (QED) is 0.830. The molecule has 1 heterocycles. The first-order chi connectivity index (χ1) is 6.74. The van der Waals surface area contributed by atoms with E-state index in [2.05, 4.69) is 46.1 Å². The molecule has 1 aromatic rings. The molecule has 1 atom stereocenters. The van der Waals surface area contributed by atoms with Crippen molar-refractivity contribution in [2.45, 2.75) is 12.5 Å². The van der Waals surface area contributed by atoms with Crippen LogP contribution in [0.5, 0.6) is 0 Å². The Hall–Kier alpha value is -0.380. The molecule has 0 bridgehead atoms. The first kappa shape index (κ1) is 10.1. The fraction of sp³-hybridized carbons (Fsp3) is 0.455. The number of fused-ring (bicyclic) bond motifs is 1. The van der Waals surface area contributed by atoms with Crippen molar-refractivity contribution < 1.29 is 0 Å². The zero-order valence-corrected chi connectivity index (χ0v) is 9.92. The monoisotopic (exact) mass is 254 g/mol. The lowest BCUT2D eigenvalue weighted by Gasteiger charge is -2.34. The summed E-state index contributed by atoms with van der Waals surface area (Å²) < 4.78 is 1.19. The highest BCUT2D eigenvalue weighted by Crippen LogP contribution is 2.33. The van der Waals surface area contributed by atoms with E-state index in [1.165, 1.54) is 15.6 Å². The number of nitrogens with two attached hydrogens (primary N) is 1. The maximum absolute atomic E-state index is 5.81. The molecule has 2 nitrogen and oxygen atoms in total. The van der Waals surface area contributed by atoms with Gasteiger partial charge in [0.15, 0.2) is 0 Å². The van der Waals surface area contributed by atoms with Crippen molar-refractivity contribution in [2.75, 3.05) is 20.1 Å². The molecule has 0 aromatic heterocycles. The van der Waals surface area contributed by atoms with Gasteiger partial charge in [0.05, 0.1) is 0 Å². The van der Waals surface area contributed by atoms with Gasteiger partial charge in [0.2, 0.25) is 0 Å². The maximum Gasteiger partial charge on any atom is 0.0481 e. The average molecular weight is 255 g/mol. The van der Waals surface area contributed by atoms with Crippen LogP contribution in [0.3, 0.4) is 0 Å². The summed E-state index contributed by atoms with van der Waals surface area (Å²) in [6.45, 7) is 1.79. The second-order valence-corrected chi connectivity index (χ2v) is 4.65. The van der Waals surface area contributed by atoms with Crippen LogP contribution in [0.25, 0.3) is 0 Å². The summed E-state index contributed by atoms with van der Waals surface area (Å²) in [5.41, 5.74) is 8.63. The van der Waals surface area contributed by atoms with E-state index >= 15 is 0 Å². The van der Waals surface area contributed by atoms with E-state index in [9.17, 15) is 0 Å². The summed E-state index contributed by atoms with van der Waals surface area (Å²) in [5, 5.41) is 0. The molecule has 0 spiro atoms. The van der Waals surface area contributed by atoms with Crippen molar-refractivity contribution in [2.24, 2.45) is 5.73 Å². The Kier molecular flexibility index (Phi) is 2.91. The summed E-state index contributed by atoms with van der Waals surface area (Å²) in [6.07, 6.45) is 1.13. The average Bonchev–Trinajstić information content (AvgIpc) is 2.19. The molecular formula is C11H15BrN2. The molecule has 76 valence electrons. The van der Waals surface area contributed by atoms with Crippen molar-refractivity contribution in [3.05, 3.63) is 33.8 Å². The largest absolute Gasteiger partial charge is 0.329 e. The van der Waals surface area contributed by atoms with Crippen molar-refractivity contribution in [1.82, 2.24) is 4.90 Å². The van der Waals surface area contributed by atoms with Gasteiger partial charge in [0.25, 0.3) is 0 Å². The van der Waals surface area contributed by atoms with Crippen molar-refractivity contribution in [1.29, 1.82) is 0 Å². The van der Waals surface area contributed by atoms with Crippen molar-refractivity contribution in [3.63, 3.8) is 0 Å². The molecule has 3 heteroatoms. The highest BCUT2D eigenvalue weighted by Gasteiger charge is 2.24. The van der Waals surface area contributed by atoms with Crippen molar-refractivity contribution >= 4 is 15.9 Å². The first-order valence-corrected chi connectivity index (χ1v) is 5.71. The van der Waals surface area contributed by atoms with Crippen LogP contribution in [-0.2, 0) is 6.42 Å². The fourth-order valence-electron chi connectivity index (χ4n) is 2.14. The van der Waals surface area contributed by atoms with E-state index in [0.717, 1.165) is 13.0 Å². The Balaban J connectivity index is 2.49. The number of hydrogen-bond donors (Lipinski definition) is 1. The third-order valence-electron chi connectivity index (χ3n) is 2.97. The van der Waals surface area contributed by atoms with E-state index in [1.54, 1.807) is 0 Å². The minimum atomic E-state index is 0.370. The van der Waals surface area contributed by atoms with Gasteiger partial charge < -0.3 is 5.73 Å². The number of hydrogen-bond acceptors (Lipinski definition) is 2. The van der Waals surface area contributed by atoms with E-state index < -0.39 is 0 Å². The lowest BCUT2D eigenvalue weighted by Crippen LogP contribution is -2.36. The fourth-order valence-corrected chi connectivity index (χ4v) is 2.82. The molecule has 14 heavy (non-hydrogen) atoms. The molecule has 1 aromatic carbocycles. The van der Waals surface area contributed by atoms with Crippen LogP contribution in [0.2, 0.25) is 0 Å². The molecular weight excluding hydrogens is 240 g/mol. The summed E-state index contributed by atoms with van der Waals surface area (Å²) in [4.78, 5) is 2.33. The molecule has 0 fully saturated rings. The highest BCUT2D eigenvalue weighted by molar-refractivity contribution is 9.10. The van der Waals surface area contributed by atoms with Crippen LogP contribution < -0.4 is 5.73 Å². The number of rotatable bonds is 1. The molecule has 1 aliphatic rings. The Bertz CT molecular complexity index is 338. The summed E-state index contributed by atoms with van der Waals surface area (Å²) in [6, 6.07) is 6.77. The van der Waals surface area contributed by atoms with Gasteiger partial charge in [-0.1, -0.05) is 28.1 Å². The SMILES string of the molecule is CN1CCc2cccc(Br)c2C1CN. The molecule has 0 saturated heterocycles. The molecule has 0 saturated carbocycles. The molecule has 0 aliphatic carbocycles. The van der Waals surface area contributed by atoms with Gasteiger partial charge in [0, 0.05) is 23.6 Å². The molecule has 2 N–H and O–H groups in total. The summed E-state index contributed by atoms with van der Waals surface area (Å²) in [7, 11) is 2.14. The zero-order valence-electron chi connectivity index (χ0n) is 8.33. The summed E-state index contributed by atoms with van der Waals surface area (Å²) >= 11 is 3.61. The maximum atomic E-state index is 5.81. The van der Waals surface area contributed by atoms with Gasteiger partial charge in [-0.15, -0.1) is 0 Å². The van der Waals surface area contributed by atoms with Crippen molar-refractivity contribution in [3.8, 4) is 0 Å². The second-order valence-electron chi connectivity index (χ2n) is 3.79. The van der Waals surface area contributed by atoms with Gasteiger partial charge in [-0.3, -0.25) is 4.90 Å². The van der Waals surface area contributed by atoms with Gasteiger partial charge in [0.1, 0.15) is 0 Å². The highest BCUT2D eigenvalue weighted by atomic mass is 79.9. The van der Waals surface area contributed by atoms with E-state index in [4.69, 9.17) is 5.73 Å². The van der Waals surface area contributed by atoms with Crippen LogP contribution >= 0.6 is 15.9 Å². The van der Waals surface area contributed by atoms with E-state index in [0.29, 0.717) is 12.6 Å². The zero-order chi connectivity index (χ0) is 10.1. The number of halogens is 1. The minimum absolute atomic E-state index is 0.370. The Morgan fingerprint density at radius 2 is 2.36 bits per heavy atom. The molecule has 0 amide bonds. The molecule has 1 unspecified atom stereocenters. The standard InChI is InChI=1S/C11H15BrN2/c1-14-6-5-8-3-2-4-9(12)11(8)10(14)7-13/h2-4,10H,5-7,13H2,1H3. The normalized spacial score (nSPS) is 22.1. The second kappa shape index (κ2) is 4.01. The topological polar surface area (TPSA) is 29.3 Å². The van der Waals surface area contributed by atoms with Crippen LogP contribution in [0.1, 0.15) is 17.2 Å². The third-order valence-corrected chi connectivity index (χ3v) is 3.66. The predicted molar refractivity (Wildman–Crippen MR) is 62.3 cm³/mol. The molecule has 0 radical (unpaired) electrons. The van der Waals surface area contributed by atoms with Gasteiger partial charge >= 0.3 is 0 Å².